The zero-order valence-electron chi connectivity index (χ0n) is 12.6. The highest BCUT2D eigenvalue weighted by Crippen LogP contribution is 2.36. The van der Waals surface area contributed by atoms with Gasteiger partial charge in [-0.3, -0.25) is 9.59 Å². The number of aromatic nitrogens is 1. The number of nitrogens with one attached hydrogen (secondary N) is 1. The third kappa shape index (κ3) is 3.06. The molecule has 116 valence electrons. The Morgan fingerprint density at radius 3 is 2.71 bits per heavy atom. The molecule has 3 rings (SSSR count). The lowest BCUT2D eigenvalue weighted by Crippen LogP contribution is -2.44. The van der Waals surface area contributed by atoms with E-state index in [1.807, 2.05) is 17.2 Å². The standard InChI is InChI=1S/C15H23N3O2S/c1-12-10-21-14(20)18(12)7-2-13(19)17-8-4-15(5-9-17)3-6-16-11-15/h10,16H,2-9,11H2,1H3. The van der Waals surface area contributed by atoms with Crippen molar-refractivity contribution in [2.75, 3.05) is 26.2 Å². The first-order valence-corrected chi connectivity index (χ1v) is 8.61. The van der Waals surface area contributed by atoms with Crippen LogP contribution in [0, 0.1) is 12.3 Å². The van der Waals surface area contributed by atoms with Crippen LogP contribution in [0.5, 0.6) is 0 Å². The SMILES string of the molecule is Cc1csc(=O)n1CCC(=O)N1CCC2(CCNC2)CC1. The van der Waals surface area contributed by atoms with Crippen molar-refractivity contribution in [1.82, 2.24) is 14.8 Å². The number of rotatable bonds is 3. The summed E-state index contributed by atoms with van der Waals surface area (Å²) in [7, 11) is 0. The van der Waals surface area contributed by atoms with Crippen LogP contribution < -0.4 is 10.2 Å². The predicted molar refractivity (Wildman–Crippen MR) is 83.7 cm³/mol. The number of thiazole rings is 1. The molecule has 2 aliphatic heterocycles. The van der Waals surface area contributed by atoms with Crippen LogP contribution in [0.1, 0.15) is 31.4 Å². The molecule has 0 saturated carbocycles. The molecule has 1 aromatic rings. The molecule has 1 aromatic heterocycles. The molecule has 0 bridgehead atoms. The quantitative estimate of drug-likeness (QED) is 0.913. The minimum atomic E-state index is 0.0370. The minimum absolute atomic E-state index is 0.0370. The molecule has 5 nitrogen and oxygen atoms in total. The van der Waals surface area contributed by atoms with Gasteiger partial charge < -0.3 is 14.8 Å². The summed E-state index contributed by atoms with van der Waals surface area (Å²) in [4.78, 5) is 26.0. The highest BCUT2D eigenvalue weighted by Gasteiger charge is 2.37. The fraction of sp³-hybridized carbons (Fsp3) is 0.733. The molecule has 0 aliphatic carbocycles. The van der Waals surface area contributed by atoms with Crippen molar-refractivity contribution in [3.8, 4) is 0 Å². The summed E-state index contributed by atoms with van der Waals surface area (Å²) in [6.45, 7) is 6.40. The first-order valence-electron chi connectivity index (χ1n) is 7.73. The van der Waals surface area contributed by atoms with Crippen LogP contribution in [0.2, 0.25) is 0 Å². The van der Waals surface area contributed by atoms with E-state index in [1.54, 1.807) is 4.57 Å². The average molecular weight is 309 g/mol. The van der Waals surface area contributed by atoms with Crippen LogP contribution in [0.15, 0.2) is 10.2 Å². The van der Waals surface area contributed by atoms with Crippen LogP contribution in [0.3, 0.4) is 0 Å². The normalized spacial score (nSPS) is 21.1. The molecule has 2 fully saturated rings. The molecular weight excluding hydrogens is 286 g/mol. The minimum Gasteiger partial charge on any atom is -0.343 e. The molecule has 0 atom stereocenters. The maximum absolute atomic E-state index is 12.3. The van der Waals surface area contributed by atoms with E-state index in [4.69, 9.17) is 0 Å². The van der Waals surface area contributed by atoms with Crippen molar-refractivity contribution in [1.29, 1.82) is 0 Å². The van der Waals surface area contributed by atoms with Gasteiger partial charge in [-0.05, 0) is 38.1 Å². The zero-order valence-corrected chi connectivity index (χ0v) is 13.4. The molecule has 0 aromatic carbocycles. The molecular formula is C15H23N3O2S. The molecule has 1 amide bonds. The van der Waals surface area contributed by atoms with Crippen molar-refractivity contribution in [2.45, 2.75) is 39.2 Å². The zero-order chi connectivity index (χ0) is 14.9. The smallest absolute Gasteiger partial charge is 0.307 e. The van der Waals surface area contributed by atoms with Crippen molar-refractivity contribution in [2.24, 2.45) is 5.41 Å². The van der Waals surface area contributed by atoms with Gasteiger partial charge in [-0.25, -0.2) is 0 Å². The van der Waals surface area contributed by atoms with E-state index in [0.29, 0.717) is 18.4 Å². The van der Waals surface area contributed by atoms with Gasteiger partial charge in [0.2, 0.25) is 5.91 Å². The molecule has 21 heavy (non-hydrogen) atoms. The third-order valence-electron chi connectivity index (χ3n) is 5.03. The van der Waals surface area contributed by atoms with E-state index < -0.39 is 0 Å². The second-order valence-electron chi connectivity index (χ2n) is 6.35. The summed E-state index contributed by atoms with van der Waals surface area (Å²) >= 11 is 1.21. The Morgan fingerprint density at radius 2 is 2.14 bits per heavy atom. The van der Waals surface area contributed by atoms with Crippen molar-refractivity contribution < 1.29 is 4.79 Å². The number of piperidine rings is 1. The molecule has 6 heteroatoms. The predicted octanol–water partition coefficient (Wildman–Crippen LogP) is 1.21. The topological polar surface area (TPSA) is 54.3 Å². The summed E-state index contributed by atoms with van der Waals surface area (Å²) in [5.74, 6) is 0.188. The monoisotopic (exact) mass is 309 g/mol. The number of likely N-dealkylation sites (tertiary alicyclic amines) is 1. The maximum atomic E-state index is 12.3. The fourth-order valence-electron chi connectivity index (χ4n) is 3.49. The number of hydrogen-bond acceptors (Lipinski definition) is 4. The van der Waals surface area contributed by atoms with Gasteiger partial charge in [0.1, 0.15) is 0 Å². The Bertz CT molecular complexity index is 562. The van der Waals surface area contributed by atoms with Crippen LogP contribution in [0.4, 0.5) is 0 Å². The van der Waals surface area contributed by atoms with Gasteiger partial charge in [-0.2, -0.15) is 0 Å². The molecule has 0 radical (unpaired) electrons. The average Bonchev–Trinajstić information content (AvgIpc) is 3.06. The Kier molecular flexibility index (Phi) is 4.17. The van der Waals surface area contributed by atoms with Gasteiger partial charge in [0.25, 0.3) is 0 Å². The van der Waals surface area contributed by atoms with Crippen molar-refractivity contribution >= 4 is 17.2 Å². The van der Waals surface area contributed by atoms with Crippen LogP contribution in [0.25, 0.3) is 0 Å². The van der Waals surface area contributed by atoms with Gasteiger partial charge in [0.05, 0.1) is 0 Å². The first-order chi connectivity index (χ1) is 10.1. The summed E-state index contributed by atoms with van der Waals surface area (Å²) < 4.78 is 1.70. The third-order valence-corrected chi connectivity index (χ3v) is 5.92. The lowest BCUT2D eigenvalue weighted by atomic mass is 9.78. The van der Waals surface area contributed by atoms with E-state index in [0.717, 1.165) is 44.7 Å². The molecule has 1 spiro atoms. The van der Waals surface area contributed by atoms with Gasteiger partial charge in [0.15, 0.2) is 0 Å². The Morgan fingerprint density at radius 1 is 1.38 bits per heavy atom. The summed E-state index contributed by atoms with van der Waals surface area (Å²) in [5, 5.41) is 5.29. The molecule has 0 unspecified atom stereocenters. The summed E-state index contributed by atoms with van der Waals surface area (Å²) in [6.07, 6.45) is 3.91. The largest absolute Gasteiger partial charge is 0.343 e. The highest BCUT2D eigenvalue weighted by molar-refractivity contribution is 7.07. The molecule has 3 heterocycles. The number of hydrogen-bond donors (Lipinski definition) is 1. The van der Waals surface area contributed by atoms with Crippen LogP contribution in [-0.4, -0.2) is 41.6 Å². The molecule has 2 aliphatic rings. The molecule has 2 saturated heterocycles. The lowest BCUT2D eigenvalue weighted by molar-refractivity contribution is -0.133. The second-order valence-corrected chi connectivity index (χ2v) is 7.17. The van der Waals surface area contributed by atoms with E-state index in [9.17, 15) is 9.59 Å². The number of carbonyl (C=O) groups excluding carboxylic acids is 1. The van der Waals surface area contributed by atoms with E-state index in [2.05, 4.69) is 5.32 Å². The Labute approximate surface area is 129 Å². The van der Waals surface area contributed by atoms with Gasteiger partial charge in [0, 0.05) is 43.7 Å². The van der Waals surface area contributed by atoms with Gasteiger partial charge in [-0.15, -0.1) is 0 Å². The van der Waals surface area contributed by atoms with Crippen molar-refractivity contribution in [3.63, 3.8) is 0 Å². The van der Waals surface area contributed by atoms with Gasteiger partial charge >= 0.3 is 4.87 Å². The number of aryl methyl sites for hydroxylation is 1. The van der Waals surface area contributed by atoms with Crippen molar-refractivity contribution in [3.05, 3.63) is 20.7 Å². The van der Waals surface area contributed by atoms with E-state index in [-0.39, 0.29) is 10.8 Å². The summed E-state index contributed by atoms with van der Waals surface area (Å²) in [6, 6.07) is 0. The van der Waals surface area contributed by atoms with E-state index in [1.165, 1.54) is 17.8 Å². The number of carbonyl (C=O) groups is 1. The van der Waals surface area contributed by atoms with Gasteiger partial charge in [-0.1, -0.05) is 11.3 Å². The first kappa shape index (κ1) is 14.8. The van der Waals surface area contributed by atoms with E-state index >= 15 is 0 Å². The van der Waals surface area contributed by atoms with Crippen LogP contribution in [-0.2, 0) is 11.3 Å². The number of nitrogens with zero attached hydrogens (tertiary/aromatic N) is 2. The molecule has 1 N–H and O–H groups in total. The summed E-state index contributed by atoms with van der Waals surface area (Å²) in [5.41, 5.74) is 1.39. The number of amides is 1. The van der Waals surface area contributed by atoms with Crippen LogP contribution >= 0.6 is 11.3 Å². The maximum Gasteiger partial charge on any atom is 0.307 e. The lowest BCUT2D eigenvalue weighted by Gasteiger charge is -2.39. The second kappa shape index (κ2) is 5.93. The highest BCUT2D eigenvalue weighted by atomic mass is 32.1. The Hall–Kier alpha value is -1.14. The Balaban J connectivity index is 1.52. The fourth-order valence-corrected chi connectivity index (χ4v) is 4.25.